The van der Waals surface area contributed by atoms with Gasteiger partial charge in [-0.2, -0.15) is 0 Å². The van der Waals surface area contributed by atoms with Crippen LogP contribution in [0.2, 0.25) is 0 Å². The Morgan fingerprint density at radius 1 is 1.69 bits per heavy atom. The van der Waals surface area contributed by atoms with Crippen molar-refractivity contribution in [3.63, 3.8) is 0 Å². The van der Waals surface area contributed by atoms with Gasteiger partial charge in [0, 0.05) is 11.9 Å². The Hall–Kier alpha value is -0.680. The maximum absolute atomic E-state index is 11.1. The third-order valence-corrected chi connectivity index (χ3v) is 1.45. The zero-order chi connectivity index (χ0) is 10.5. The summed E-state index contributed by atoms with van der Waals surface area (Å²) in [6.07, 6.45) is -0.496. The number of nitrogens with one attached hydrogen (secondary N) is 1. The van der Waals surface area contributed by atoms with E-state index >= 15 is 0 Å². The Kier molecular flexibility index (Phi) is 4.87. The van der Waals surface area contributed by atoms with Crippen LogP contribution in [0, 0.1) is 0 Å². The molecule has 0 aromatic heterocycles. The van der Waals surface area contributed by atoms with Gasteiger partial charge in [0.1, 0.15) is 5.60 Å². The highest BCUT2D eigenvalue weighted by atomic mass is 32.1. The summed E-state index contributed by atoms with van der Waals surface area (Å²) in [5, 5.41) is 3.93. The van der Waals surface area contributed by atoms with Gasteiger partial charge in [-0.1, -0.05) is 12.2 Å². The summed E-state index contributed by atoms with van der Waals surface area (Å²) < 4.78 is 5.00. The fraction of sp³-hybridized carbons (Fsp3) is 0.750. The third-order valence-electron chi connectivity index (χ3n) is 1.12. The fourth-order valence-corrected chi connectivity index (χ4v) is 0.787. The van der Waals surface area contributed by atoms with Crippen molar-refractivity contribution >= 4 is 23.7 Å². The minimum Gasteiger partial charge on any atom is -0.444 e. The maximum Gasteiger partial charge on any atom is 0.408 e. The molecule has 0 aromatic rings. The van der Waals surface area contributed by atoms with E-state index in [-0.39, 0.29) is 12.6 Å². The van der Waals surface area contributed by atoms with Crippen LogP contribution in [0.3, 0.4) is 0 Å². The minimum absolute atomic E-state index is 0.280. The average Bonchev–Trinajstić information content (AvgIpc) is 1.96. The first-order valence-electron chi connectivity index (χ1n) is 4.04. The van der Waals surface area contributed by atoms with Gasteiger partial charge in [-0.15, -0.1) is 0 Å². The summed E-state index contributed by atoms with van der Waals surface area (Å²) in [4.78, 5) is 11.1. The van der Waals surface area contributed by atoms with Crippen LogP contribution in [-0.4, -0.2) is 29.6 Å². The van der Waals surface area contributed by atoms with Crippen molar-refractivity contribution in [2.45, 2.75) is 32.4 Å². The quantitative estimate of drug-likeness (QED) is 0.669. The molecule has 0 aliphatic heterocycles. The first-order valence-corrected chi connectivity index (χ1v) is 4.51. The summed E-state index contributed by atoms with van der Waals surface area (Å²) in [6, 6.07) is -0.301. The lowest BCUT2D eigenvalue weighted by atomic mass is 10.2. The molecule has 5 heteroatoms. The highest BCUT2D eigenvalue weighted by molar-refractivity contribution is 7.79. The van der Waals surface area contributed by atoms with E-state index in [2.05, 4.69) is 17.5 Å². The van der Waals surface area contributed by atoms with Gasteiger partial charge < -0.3 is 15.8 Å². The molecule has 0 aliphatic rings. The number of carbonyl (C=O) groups is 1. The van der Waals surface area contributed by atoms with Gasteiger partial charge in [0.05, 0.1) is 6.04 Å². The van der Waals surface area contributed by atoms with E-state index < -0.39 is 11.7 Å². The Balaban J connectivity index is 3.93. The summed E-state index contributed by atoms with van der Waals surface area (Å²) in [5.74, 6) is 0. The maximum atomic E-state index is 11.1. The number of rotatable bonds is 3. The van der Waals surface area contributed by atoms with Gasteiger partial charge in [-0.3, -0.25) is 0 Å². The highest BCUT2D eigenvalue weighted by Gasteiger charge is 2.17. The zero-order valence-corrected chi connectivity index (χ0v) is 8.98. The Bertz CT molecular complexity index is 189. The van der Waals surface area contributed by atoms with Crippen LogP contribution in [0.1, 0.15) is 20.8 Å². The number of hydrogen-bond acceptors (Lipinski definition) is 4. The van der Waals surface area contributed by atoms with Crippen molar-refractivity contribution in [2.75, 3.05) is 6.54 Å². The van der Waals surface area contributed by atoms with Crippen LogP contribution in [0.25, 0.3) is 0 Å². The first kappa shape index (κ1) is 12.3. The molecule has 0 fully saturated rings. The standard InChI is InChI=1S/C8H16N2O2S/c1-8(2,3)12-7(11)10-6(4-9)5-13/h5-6H,4,9H2,1-3H3,(H,10,11). The van der Waals surface area contributed by atoms with Crippen LogP contribution in [-0.2, 0) is 4.74 Å². The molecule has 0 rings (SSSR count). The summed E-state index contributed by atoms with van der Waals surface area (Å²) in [6.45, 7) is 5.66. The van der Waals surface area contributed by atoms with Crippen molar-refractivity contribution in [2.24, 2.45) is 5.73 Å². The van der Waals surface area contributed by atoms with Crippen LogP contribution < -0.4 is 11.1 Å². The normalized spacial score (nSPS) is 13.2. The predicted octanol–water partition coefficient (Wildman–Crippen LogP) is 0.838. The molecule has 0 aromatic carbocycles. The van der Waals surface area contributed by atoms with Gasteiger partial charge in [-0.05, 0) is 20.8 Å². The van der Waals surface area contributed by atoms with Gasteiger partial charge in [0.15, 0.2) is 0 Å². The van der Waals surface area contributed by atoms with E-state index in [0.717, 1.165) is 0 Å². The highest BCUT2D eigenvalue weighted by Crippen LogP contribution is 2.06. The van der Waals surface area contributed by atoms with E-state index in [1.54, 1.807) is 20.8 Å². The van der Waals surface area contributed by atoms with E-state index in [9.17, 15) is 4.79 Å². The molecule has 0 saturated heterocycles. The second-order valence-corrected chi connectivity index (χ2v) is 3.90. The molecule has 76 valence electrons. The molecule has 0 spiro atoms. The molecule has 13 heavy (non-hydrogen) atoms. The van der Waals surface area contributed by atoms with Crippen molar-refractivity contribution in [1.29, 1.82) is 0 Å². The van der Waals surface area contributed by atoms with Gasteiger partial charge in [0.2, 0.25) is 0 Å². The van der Waals surface area contributed by atoms with E-state index in [0.29, 0.717) is 0 Å². The van der Waals surface area contributed by atoms with Crippen LogP contribution in [0.15, 0.2) is 0 Å². The molecule has 1 amide bonds. The number of thiocarbonyl (C=S) groups is 1. The van der Waals surface area contributed by atoms with Crippen LogP contribution in [0.5, 0.6) is 0 Å². The summed E-state index contributed by atoms with van der Waals surface area (Å²) in [7, 11) is 0. The van der Waals surface area contributed by atoms with Gasteiger partial charge >= 0.3 is 6.09 Å². The number of nitrogens with two attached hydrogens (primary N) is 1. The predicted molar refractivity (Wildman–Crippen MR) is 55.9 cm³/mol. The zero-order valence-electron chi connectivity index (χ0n) is 8.16. The molecule has 1 atom stereocenters. The van der Waals surface area contributed by atoms with E-state index in [1.165, 1.54) is 5.37 Å². The number of carbonyl (C=O) groups excluding carboxylic acids is 1. The second kappa shape index (κ2) is 5.14. The Labute approximate surface area is 83.8 Å². The molecule has 0 bridgehead atoms. The number of alkyl carbamates (subject to hydrolysis) is 1. The summed E-state index contributed by atoms with van der Waals surface area (Å²) >= 11 is 4.66. The molecule has 0 heterocycles. The lowest BCUT2D eigenvalue weighted by Crippen LogP contribution is -2.43. The van der Waals surface area contributed by atoms with Crippen LogP contribution >= 0.6 is 12.2 Å². The minimum atomic E-state index is -0.496. The lowest BCUT2D eigenvalue weighted by molar-refractivity contribution is 0.0520. The van der Waals surface area contributed by atoms with Crippen LogP contribution in [0.4, 0.5) is 4.79 Å². The molecule has 0 aliphatic carbocycles. The molecule has 0 radical (unpaired) electrons. The topological polar surface area (TPSA) is 64.3 Å². The SMILES string of the molecule is CC(C)(C)OC(=O)NC(C=S)CN. The van der Waals surface area contributed by atoms with Crippen molar-refractivity contribution in [3.05, 3.63) is 0 Å². The van der Waals surface area contributed by atoms with Crippen molar-refractivity contribution < 1.29 is 9.53 Å². The molecular weight excluding hydrogens is 188 g/mol. The monoisotopic (exact) mass is 204 g/mol. The van der Waals surface area contributed by atoms with Crippen molar-refractivity contribution in [1.82, 2.24) is 5.32 Å². The number of amides is 1. The lowest BCUT2D eigenvalue weighted by Gasteiger charge is -2.21. The molecule has 3 N–H and O–H groups in total. The molecule has 0 saturated carbocycles. The van der Waals surface area contributed by atoms with E-state index in [1.807, 2.05) is 0 Å². The second-order valence-electron chi connectivity index (χ2n) is 3.62. The van der Waals surface area contributed by atoms with Gasteiger partial charge in [-0.25, -0.2) is 4.79 Å². The Morgan fingerprint density at radius 2 is 2.23 bits per heavy atom. The third kappa shape index (κ3) is 6.48. The molecular formula is C8H16N2O2S. The van der Waals surface area contributed by atoms with Crippen molar-refractivity contribution in [3.8, 4) is 0 Å². The fourth-order valence-electron chi connectivity index (χ4n) is 0.607. The Morgan fingerprint density at radius 3 is 2.54 bits per heavy atom. The average molecular weight is 204 g/mol. The molecule has 1 unspecified atom stereocenters. The number of hydrogen-bond donors (Lipinski definition) is 2. The van der Waals surface area contributed by atoms with E-state index in [4.69, 9.17) is 10.5 Å². The van der Waals surface area contributed by atoms with Gasteiger partial charge in [0.25, 0.3) is 0 Å². The molecule has 4 nitrogen and oxygen atoms in total. The number of ether oxygens (including phenoxy) is 1. The largest absolute Gasteiger partial charge is 0.444 e. The first-order chi connectivity index (χ1) is 5.89. The smallest absolute Gasteiger partial charge is 0.408 e. The summed E-state index contributed by atoms with van der Waals surface area (Å²) in [5.41, 5.74) is 4.83.